The average molecular weight is 215 g/mol. The van der Waals surface area contributed by atoms with Crippen LogP contribution in [0.1, 0.15) is 0 Å². The first-order chi connectivity index (χ1) is 5.34. The molecule has 0 aliphatic carbocycles. The molecule has 1 aromatic carbocycles. The molecule has 0 spiro atoms. The highest BCUT2D eigenvalue weighted by Gasteiger charge is 1.96. The van der Waals surface area contributed by atoms with Gasteiger partial charge in [0.25, 0.3) is 0 Å². The summed E-state index contributed by atoms with van der Waals surface area (Å²) in [5.74, 6) is 0.694. The maximum absolute atomic E-state index is 9.95. The van der Waals surface area contributed by atoms with E-state index in [-0.39, 0.29) is 6.61 Å². The molecule has 0 bridgehead atoms. The molecule has 0 amide bonds. The van der Waals surface area contributed by atoms with Gasteiger partial charge in [-0.1, -0.05) is 12.1 Å². The molecule has 0 saturated heterocycles. The van der Waals surface area contributed by atoms with Crippen molar-refractivity contribution < 1.29 is 9.53 Å². The molecule has 0 heterocycles. The van der Waals surface area contributed by atoms with Crippen molar-refractivity contribution in [2.24, 2.45) is 0 Å². The second kappa shape index (κ2) is 4.13. The van der Waals surface area contributed by atoms with Gasteiger partial charge >= 0.3 is 0 Å². The Balaban J connectivity index is 2.69. The largest absolute Gasteiger partial charge is 0.485 e. The normalized spacial score (nSPS) is 9.18. The highest BCUT2D eigenvalue weighted by molar-refractivity contribution is 9.10. The van der Waals surface area contributed by atoms with E-state index < -0.39 is 0 Å². The molecule has 0 fully saturated rings. The van der Waals surface area contributed by atoms with Crippen LogP contribution in [-0.4, -0.2) is 12.9 Å². The van der Waals surface area contributed by atoms with E-state index in [4.69, 9.17) is 4.74 Å². The fourth-order valence-electron chi connectivity index (χ4n) is 0.686. The highest BCUT2D eigenvalue weighted by atomic mass is 79.9. The van der Waals surface area contributed by atoms with Crippen molar-refractivity contribution in [1.29, 1.82) is 0 Å². The molecule has 0 unspecified atom stereocenters. The van der Waals surface area contributed by atoms with Crippen LogP contribution in [0.25, 0.3) is 0 Å². The minimum atomic E-state index is 0.0998. The second-order valence-corrected chi connectivity index (χ2v) is 2.76. The molecule has 11 heavy (non-hydrogen) atoms. The van der Waals surface area contributed by atoms with E-state index in [1.165, 1.54) is 0 Å². The Bertz CT molecular complexity index is 248. The maximum Gasteiger partial charge on any atom is 0.157 e. The summed E-state index contributed by atoms with van der Waals surface area (Å²) in [6.45, 7) is 0.0998. The first-order valence-electron chi connectivity index (χ1n) is 3.15. The standard InChI is InChI=1S/C8H7BrO2/c9-7-3-1-2-4-8(7)11-6-5-10/h1-5H,6H2. The lowest BCUT2D eigenvalue weighted by atomic mass is 10.3. The molecule has 3 heteroatoms. The summed E-state index contributed by atoms with van der Waals surface area (Å²) in [6, 6.07) is 7.40. The monoisotopic (exact) mass is 214 g/mol. The number of halogens is 1. The molecule has 0 saturated carbocycles. The topological polar surface area (TPSA) is 26.3 Å². The summed E-state index contributed by atoms with van der Waals surface area (Å²) in [4.78, 5) is 9.95. The van der Waals surface area contributed by atoms with Crippen LogP contribution < -0.4 is 4.74 Å². The van der Waals surface area contributed by atoms with Gasteiger partial charge in [0.1, 0.15) is 12.4 Å². The van der Waals surface area contributed by atoms with Crippen LogP contribution in [0.2, 0.25) is 0 Å². The van der Waals surface area contributed by atoms with Crippen LogP contribution in [0.15, 0.2) is 28.7 Å². The predicted octanol–water partition coefficient (Wildman–Crippen LogP) is 2.03. The van der Waals surface area contributed by atoms with Gasteiger partial charge in [0.2, 0.25) is 0 Å². The number of carbonyl (C=O) groups excluding carboxylic acids is 1. The molecule has 58 valence electrons. The van der Waals surface area contributed by atoms with Gasteiger partial charge in [-0.25, -0.2) is 0 Å². The number of benzene rings is 1. The van der Waals surface area contributed by atoms with Gasteiger partial charge in [-0.3, -0.25) is 4.79 Å². The fraction of sp³-hybridized carbons (Fsp3) is 0.125. The van der Waals surface area contributed by atoms with Gasteiger partial charge in [0.05, 0.1) is 4.47 Å². The summed E-state index contributed by atoms with van der Waals surface area (Å²) in [5, 5.41) is 0. The summed E-state index contributed by atoms with van der Waals surface area (Å²) < 4.78 is 5.93. The highest BCUT2D eigenvalue weighted by Crippen LogP contribution is 2.23. The van der Waals surface area contributed by atoms with Crippen LogP contribution in [0.4, 0.5) is 0 Å². The van der Waals surface area contributed by atoms with Crippen LogP contribution >= 0.6 is 15.9 Å². The number of para-hydroxylation sites is 1. The molecule has 0 aliphatic heterocycles. The Kier molecular flexibility index (Phi) is 3.11. The van der Waals surface area contributed by atoms with E-state index in [2.05, 4.69) is 15.9 Å². The Morgan fingerprint density at radius 1 is 1.45 bits per heavy atom. The van der Waals surface area contributed by atoms with Crippen molar-refractivity contribution in [3.8, 4) is 5.75 Å². The average Bonchev–Trinajstić information content (AvgIpc) is 2.03. The van der Waals surface area contributed by atoms with Crippen LogP contribution in [0.3, 0.4) is 0 Å². The SMILES string of the molecule is O=CCOc1ccccc1Br. The van der Waals surface area contributed by atoms with E-state index in [0.717, 1.165) is 10.8 Å². The van der Waals surface area contributed by atoms with Crippen molar-refractivity contribution in [1.82, 2.24) is 0 Å². The number of ether oxygens (including phenoxy) is 1. The number of rotatable bonds is 3. The van der Waals surface area contributed by atoms with Crippen molar-refractivity contribution in [2.45, 2.75) is 0 Å². The van der Waals surface area contributed by atoms with Gasteiger partial charge in [-0.2, -0.15) is 0 Å². The van der Waals surface area contributed by atoms with E-state index in [1.54, 1.807) is 6.07 Å². The van der Waals surface area contributed by atoms with Crippen molar-refractivity contribution in [3.05, 3.63) is 28.7 Å². The molecule has 1 aromatic rings. The Hall–Kier alpha value is -0.830. The quantitative estimate of drug-likeness (QED) is 0.721. The van der Waals surface area contributed by atoms with Crippen molar-refractivity contribution in [2.75, 3.05) is 6.61 Å². The van der Waals surface area contributed by atoms with E-state index in [9.17, 15) is 4.79 Å². The molecule has 1 rings (SSSR count). The summed E-state index contributed by atoms with van der Waals surface area (Å²) in [7, 11) is 0. The lowest BCUT2D eigenvalue weighted by Crippen LogP contribution is -1.97. The van der Waals surface area contributed by atoms with E-state index >= 15 is 0 Å². The Labute approximate surface area is 73.3 Å². The Morgan fingerprint density at radius 2 is 2.18 bits per heavy atom. The third-order valence-electron chi connectivity index (χ3n) is 1.14. The van der Waals surface area contributed by atoms with Crippen molar-refractivity contribution in [3.63, 3.8) is 0 Å². The minimum Gasteiger partial charge on any atom is -0.485 e. The van der Waals surface area contributed by atoms with Crippen LogP contribution in [0, 0.1) is 0 Å². The molecular formula is C8H7BrO2. The summed E-state index contributed by atoms with van der Waals surface area (Å²) in [6.07, 6.45) is 0.722. The fourth-order valence-corrected chi connectivity index (χ4v) is 1.08. The molecule has 0 aromatic heterocycles. The lowest BCUT2D eigenvalue weighted by molar-refractivity contribution is -0.109. The third-order valence-corrected chi connectivity index (χ3v) is 1.80. The minimum absolute atomic E-state index is 0.0998. The zero-order chi connectivity index (χ0) is 8.10. The molecule has 0 aliphatic rings. The second-order valence-electron chi connectivity index (χ2n) is 1.91. The molecular weight excluding hydrogens is 208 g/mol. The molecule has 0 atom stereocenters. The number of hydrogen-bond donors (Lipinski definition) is 0. The van der Waals surface area contributed by atoms with Crippen molar-refractivity contribution >= 4 is 22.2 Å². The van der Waals surface area contributed by atoms with Crippen LogP contribution in [-0.2, 0) is 4.79 Å². The zero-order valence-corrected chi connectivity index (χ0v) is 7.37. The molecule has 0 N–H and O–H groups in total. The summed E-state index contributed by atoms with van der Waals surface area (Å²) in [5.41, 5.74) is 0. The zero-order valence-electron chi connectivity index (χ0n) is 5.79. The smallest absolute Gasteiger partial charge is 0.157 e. The number of hydrogen-bond acceptors (Lipinski definition) is 2. The number of aldehydes is 1. The third kappa shape index (κ3) is 2.35. The number of carbonyl (C=O) groups is 1. The maximum atomic E-state index is 9.95. The molecule has 2 nitrogen and oxygen atoms in total. The summed E-state index contributed by atoms with van der Waals surface area (Å²) >= 11 is 3.29. The Morgan fingerprint density at radius 3 is 2.82 bits per heavy atom. The van der Waals surface area contributed by atoms with Gasteiger partial charge in [0.15, 0.2) is 6.29 Å². The lowest BCUT2D eigenvalue weighted by Gasteiger charge is -2.02. The van der Waals surface area contributed by atoms with Crippen LogP contribution in [0.5, 0.6) is 5.75 Å². The molecule has 0 radical (unpaired) electrons. The first-order valence-corrected chi connectivity index (χ1v) is 3.95. The van der Waals surface area contributed by atoms with E-state index in [0.29, 0.717) is 5.75 Å². The van der Waals surface area contributed by atoms with Gasteiger partial charge in [-0.05, 0) is 28.1 Å². The van der Waals surface area contributed by atoms with Gasteiger partial charge in [-0.15, -0.1) is 0 Å². The van der Waals surface area contributed by atoms with Gasteiger partial charge in [0, 0.05) is 0 Å². The van der Waals surface area contributed by atoms with Gasteiger partial charge < -0.3 is 4.74 Å². The van der Waals surface area contributed by atoms with E-state index in [1.807, 2.05) is 18.2 Å². The predicted molar refractivity (Wildman–Crippen MR) is 45.7 cm³/mol. The first kappa shape index (κ1) is 8.27.